The summed E-state index contributed by atoms with van der Waals surface area (Å²) in [4.78, 5) is 16.7. The summed E-state index contributed by atoms with van der Waals surface area (Å²) in [5.74, 6) is 0.748. The summed E-state index contributed by atoms with van der Waals surface area (Å²) in [5, 5.41) is 4.80. The molecule has 0 N–H and O–H groups in total. The molecule has 1 aromatic heterocycles. The predicted molar refractivity (Wildman–Crippen MR) is 95.8 cm³/mol. The number of rotatable bonds is 5. The van der Waals surface area contributed by atoms with Gasteiger partial charge in [-0.15, -0.1) is 0 Å². The molecule has 2 aromatic carbocycles. The first-order valence-electron chi connectivity index (χ1n) is 7.95. The van der Waals surface area contributed by atoms with Crippen LogP contribution in [0.4, 0.5) is 0 Å². The van der Waals surface area contributed by atoms with Gasteiger partial charge in [-0.25, -0.2) is 4.98 Å². The monoisotopic (exact) mass is 321 g/mol. The first-order chi connectivity index (χ1) is 11.7. The third-order valence-electron chi connectivity index (χ3n) is 3.79. The van der Waals surface area contributed by atoms with E-state index in [1.807, 2.05) is 43.3 Å². The Morgan fingerprint density at radius 2 is 1.96 bits per heavy atom. The Morgan fingerprint density at radius 1 is 1.21 bits per heavy atom. The first-order valence-corrected chi connectivity index (χ1v) is 7.95. The molecule has 0 bridgehead atoms. The van der Waals surface area contributed by atoms with Crippen molar-refractivity contribution in [3.8, 4) is 5.75 Å². The van der Waals surface area contributed by atoms with E-state index in [0.717, 1.165) is 17.7 Å². The molecule has 1 heterocycles. The highest BCUT2D eigenvalue weighted by molar-refractivity contribution is 5.83. The smallest absolute Gasteiger partial charge is 0.281 e. The van der Waals surface area contributed by atoms with Crippen LogP contribution in [0.2, 0.25) is 0 Å². The van der Waals surface area contributed by atoms with Crippen molar-refractivity contribution in [1.29, 1.82) is 0 Å². The lowest BCUT2D eigenvalue weighted by Gasteiger charge is -2.14. The van der Waals surface area contributed by atoms with Gasteiger partial charge in [-0.05, 0) is 37.6 Å². The fourth-order valence-corrected chi connectivity index (χ4v) is 2.26. The zero-order valence-corrected chi connectivity index (χ0v) is 13.7. The molecule has 0 unspecified atom stereocenters. The van der Waals surface area contributed by atoms with Gasteiger partial charge in [-0.2, -0.15) is 9.78 Å². The molecular weight excluding hydrogens is 302 g/mol. The lowest BCUT2D eigenvalue weighted by Crippen LogP contribution is -2.17. The van der Waals surface area contributed by atoms with Gasteiger partial charge in [-0.3, -0.25) is 4.79 Å². The van der Waals surface area contributed by atoms with Gasteiger partial charge in [0.2, 0.25) is 0 Å². The van der Waals surface area contributed by atoms with E-state index in [-0.39, 0.29) is 11.7 Å². The van der Waals surface area contributed by atoms with Crippen molar-refractivity contribution in [2.45, 2.75) is 26.4 Å². The largest absolute Gasteiger partial charge is 0.490 e. The van der Waals surface area contributed by atoms with Gasteiger partial charge >= 0.3 is 0 Å². The minimum Gasteiger partial charge on any atom is -0.490 e. The molecule has 0 saturated carbocycles. The summed E-state index contributed by atoms with van der Waals surface area (Å²) in [7, 11) is 0. The quantitative estimate of drug-likeness (QED) is 0.676. The normalized spacial score (nSPS) is 12.6. The Labute approximate surface area is 140 Å². The summed E-state index contributed by atoms with van der Waals surface area (Å²) in [6.07, 6.45) is 4.08. The van der Waals surface area contributed by atoms with Crippen LogP contribution >= 0.6 is 0 Å². The molecule has 24 heavy (non-hydrogen) atoms. The molecule has 0 aliphatic heterocycles. The molecule has 0 aliphatic rings. The van der Waals surface area contributed by atoms with Crippen molar-refractivity contribution in [3.05, 3.63) is 70.8 Å². The molecule has 0 fully saturated rings. The van der Waals surface area contributed by atoms with Crippen LogP contribution < -0.4 is 10.3 Å². The summed E-state index contributed by atoms with van der Waals surface area (Å²) in [6, 6.07) is 14.8. The zero-order chi connectivity index (χ0) is 16.9. The number of aromatic nitrogens is 2. The van der Waals surface area contributed by atoms with E-state index in [9.17, 15) is 4.79 Å². The SMILES string of the molecule is CC[C@@H](C)Oc1ccccc1/C=N/n1cnc2ccccc2c1=O. The van der Waals surface area contributed by atoms with Crippen molar-refractivity contribution < 1.29 is 4.74 Å². The van der Waals surface area contributed by atoms with E-state index in [4.69, 9.17) is 4.74 Å². The highest BCUT2D eigenvalue weighted by atomic mass is 16.5. The minimum atomic E-state index is -0.197. The molecular formula is C19H19N3O2. The van der Waals surface area contributed by atoms with Crippen molar-refractivity contribution in [2.75, 3.05) is 0 Å². The van der Waals surface area contributed by atoms with E-state index in [2.05, 4.69) is 17.0 Å². The summed E-state index contributed by atoms with van der Waals surface area (Å²) in [6.45, 7) is 4.09. The summed E-state index contributed by atoms with van der Waals surface area (Å²) >= 11 is 0. The van der Waals surface area contributed by atoms with E-state index in [0.29, 0.717) is 10.9 Å². The fraction of sp³-hybridized carbons (Fsp3) is 0.211. The van der Waals surface area contributed by atoms with Crippen LogP contribution in [0, 0.1) is 0 Å². The third-order valence-corrected chi connectivity index (χ3v) is 3.79. The Hall–Kier alpha value is -2.95. The summed E-state index contributed by atoms with van der Waals surface area (Å²) < 4.78 is 7.13. The Kier molecular flexibility index (Phi) is 4.70. The Balaban J connectivity index is 1.95. The van der Waals surface area contributed by atoms with E-state index >= 15 is 0 Å². The van der Waals surface area contributed by atoms with Crippen molar-refractivity contribution >= 4 is 17.1 Å². The zero-order valence-electron chi connectivity index (χ0n) is 13.7. The van der Waals surface area contributed by atoms with E-state index in [1.165, 1.54) is 11.0 Å². The van der Waals surface area contributed by atoms with Gasteiger partial charge in [0, 0.05) is 5.56 Å². The number of benzene rings is 2. The van der Waals surface area contributed by atoms with Gasteiger partial charge < -0.3 is 4.74 Å². The molecule has 5 heteroatoms. The number of para-hydroxylation sites is 2. The maximum atomic E-state index is 12.4. The average Bonchev–Trinajstić information content (AvgIpc) is 2.62. The highest BCUT2D eigenvalue weighted by Gasteiger charge is 2.06. The molecule has 0 saturated heterocycles. The van der Waals surface area contributed by atoms with Gasteiger partial charge in [-0.1, -0.05) is 31.2 Å². The lowest BCUT2D eigenvalue weighted by atomic mass is 10.2. The standard InChI is InChI=1S/C19H19N3O2/c1-3-14(2)24-18-11-7-4-8-15(18)12-21-22-13-20-17-10-6-5-9-16(17)19(22)23/h4-14H,3H2,1-2H3/b21-12+/t14-/m1/s1. The molecule has 0 radical (unpaired) electrons. The topological polar surface area (TPSA) is 56.5 Å². The molecule has 1 atom stereocenters. The molecule has 0 amide bonds. The van der Waals surface area contributed by atoms with Crippen LogP contribution in [0.1, 0.15) is 25.8 Å². The van der Waals surface area contributed by atoms with Crippen LogP contribution in [0.15, 0.2) is 64.8 Å². The van der Waals surface area contributed by atoms with Crippen LogP contribution in [-0.2, 0) is 0 Å². The first kappa shape index (κ1) is 15.9. The number of fused-ring (bicyclic) bond motifs is 1. The maximum absolute atomic E-state index is 12.4. The molecule has 3 rings (SSSR count). The number of hydrogen-bond acceptors (Lipinski definition) is 4. The second-order valence-corrected chi connectivity index (χ2v) is 5.53. The number of ether oxygens (including phenoxy) is 1. The number of hydrogen-bond donors (Lipinski definition) is 0. The average molecular weight is 321 g/mol. The van der Waals surface area contributed by atoms with Crippen molar-refractivity contribution in [3.63, 3.8) is 0 Å². The molecule has 3 aromatic rings. The van der Waals surface area contributed by atoms with Crippen molar-refractivity contribution in [1.82, 2.24) is 9.66 Å². The second kappa shape index (κ2) is 7.08. The molecule has 122 valence electrons. The Bertz CT molecular complexity index is 931. The van der Waals surface area contributed by atoms with Gasteiger partial charge in [0.25, 0.3) is 5.56 Å². The minimum absolute atomic E-state index is 0.115. The maximum Gasteiger partial charge on any atom is 0.281 e. The molecule has 5 nitrogen and oxygen atoms in total. The second-order valence-electron chi connectivity index (χ2n) is 5.53. The highest BCUT2D eigenvalue weighted by Crippen LogP contribution is 2.18. The number of nitrogens with zero attached hydrogens (tertiary/aromatic N) is 3. The Morgan fingerprint density at radius 3 is 2.79 bits per heavy atom. The van der Waals surface area contributed by atoms with Crippen LogP contribution in [0.25, 0.3) is 10.9 Å². The van der Waals surface area contributed by atoms with Crippen LogP contribution in [-0.4, -0.2) is 22.0 Å². The fourth-order valence-electron chi connectivity index (χ4n) is 2.26. The van der Waals surface area contributed by atoms with Crippen molar-refractivity contribution in [2.24, 2.45) is 5.10 Å². The van der Waals surface area contributed by atoms with E-state index in [1.54, 1.807) is 18.3 Å². The third kappa shape index (κ3) is 3.35. The molecule has 0 aliphatic carbocycles. The van der Waals surface area contributed by atoms with Gasteiger partial charge in [0.15, 0.2) is 0 Å². The van der Waals surface area contributed by atoms with Crippen LogP contribution in [0.5, 0.6) is 5.75 Å². The van der Waals surface area contributed by atoms with Gasteiger partial charge in [0.1, 0.15) is 12.1 Å². The van der Waals surface area contributed by atoms with Crippen LogP contribution in [0.3, 0.4) is 0 Å². The summed E-state index contributed by atoms with van der Waals surface area (Å²) in [5.41, 5.74) is 1.28. The van der Waals surface area contributed by atoms with E-state index < -0.39 is 0 Å². The molecule has 0 spiro atoms. The predicted octanol–water partition coefficient (Wildman–Crippen LogP) is 3.46. The lowest BCUT2D eigenvalue weighted by molar-refractivity contribution is 0.217. The van der Waals surface area contributed by atoms with Gasteiger partial charge in [0.05, 0.1) is 23.2 Å².